The van der Waals surface area contributed by atoms with Gasteiger partial charge in [0.25, 0.3) is 11.6 Å². The highest BCUT2D eigenvalue weighted by molar-refractivity contribution is 5.96. The molecule has 0 spiro atoms. The SMILES string of the molecule is COc1cc([N+](=O)[O-])ccc1NC(=O)COC(=O)c1ccc(C(F)(F)F)cc1. The van der Waals surface area contributed by atoms with Crippen molar-refractivity contribution in [3.8, 4) is 5.75 Å². The zero-order valence-electron chi connectivity index (χ0n) is 14.3. The molecule has 28 heavy (non-hydrogen) atoms. The molecule has 0 saturated heterocycles. The molecule has 148 valence electrons. The summed E-state index contributed by atoms with van der Waals surface area (Å²) in [7, 11) is 1.25. The van der Waals surface area contributed by atoms with Crippen LogP contribution in [0, 0.1) is 10.1 Å². The van der Waals surface area contributed by atoms with E-state index in [2.05, 4.69) is 5.32 Å². The zero-order valence-corrected chi connectivity index (χ0v) is 14.3. The number of esters is 1. The van der Waals surface area contributed by atoms with Gasteiger partial charge < -0.3 is 14.8 Å². The summed E-state index contributed by atoms with van der Waals surface area (Å²) in [5.41, 5.74) is -1.21. The second-order valence-electron chi connectivity index (χ2n) is 5.34. The maximum Gasteiger partial charge on any atom is 0.416 e. The van der Waals surface area contributed by atoms with Crippen LogP contribution in [-0.2, 0) is 15.7 Å². The van der Waals surface area contributed by atoms with Gasteiger partial charge in [0, 0.05) is 6.07 Å². The van der Waals surface area contributed by atoms with Gasteiger partial charge in [0.2, 0.25) is 0 Å². The summed E-state index contributed by atoms with van der Waals surface area (Å²) >= 11 is 0. The van der Waals surface area contributed by atoms with E-state index in [0.29, 0.717) is 0 Å². The van der Waals surface area contributed by atoms with E-state index in [4.69, 9.17) is 9.47 Å². The van der Waals surface area contributed by atoms with Crippen LogP contribution in [0.15, 0.2) is 42.5 Å². The minimum absolute atomic E-state index is 0.0246. The lowest BCUT2D eigenvalue weighted by molar-refractivity contribution is -0.384. The summed E-state index contributed by atoms with van der Waals surface area (Å²) in [6.07, 6.45) is -4.54. The normalized spacial score (nSPS) is 10.9. The van der Waals surface area contributed by atoms with Crippen molar-refractivity contribution in [1.82, 2.24) is 0 Å². The van der Waals surface area contributed by atoms with Crippen LogP contribution in [0.4, 0.5) is 24.5 Å². The predicted octanol–water partition coefficient (Wildman–Crippen LogP) is 3.42. The van der Waals surface area contributed by atoms with Gasteiger partial charge in [0.15, 0.2) is 6.61 Å². The maximum atomic E-state index is 12.5. The number of non-ortho nitro benzene ring substituents is 1. The van der Waals surface area contributed by atoms with Gasteiger partial charge in [-0.3, -0.25) is 14.9 Å². The lowest BCUT2D eigenvalue weighted by atomic mass is 10.1. The first-order valence-corrected chi connectivity index (χ1v) is 7.58. The van der Waals surface area contributed by atoms with Gasteiger partial charge in [-0.1, -0.05) is 0 Å². The molecule has 8 nitrogen and oxygen atoms in total. The molecule has 0 aromatic heterocycles. The number of nitrogens with zero attached hydrogens (tertiary/aromatic N) is 1. The summed E-state index contributed by atoms with van der Waals surface area (Å²) in [5.74, 6) is -1.73. The third kappa shape index (κ3) is 5.19. The number of hydrogen-bond acceptors (Lipinski definition) is 6. The molecule has 0 bridgehead atoms. The minimum atomic E-state index is -4.54. The third-order valence-electron chi connectivity index (χ3n) is 3.45. The molecule has 1 amide bonds. The first kappa shape index (κ1) is 20.7. The summed E-state index contributed by atoms with van der Waals surface area (Å²) < 4.78 is 47.2. The van der Waals surface area contributed by atoms with Crippen LogP contribution >= 0.6 is 0 Å². The van der Waals surface area contributed by atoms with Crippen LogP contribution in [0.2, 0.25) is 0 Å². The molecule has 0 heterocycles. The molecular formula is C17H13F3N2O6. The lowest BCUT2D eigenvalue weighted by Gasteiger charge is -2.10. The zero-order chi connectivity index (χ0) is 20.9. The lowest BCUT2D eigenvalue weighted by Crippen LogP contribution is -2.21. The van der Waals surface area contributed by atoms with Gasteiger partial charge in [-0.2, -0.15) is 13.2 Å². The molecule has 2 aromatic carbocycles. The van der Waals surface area contributed by atoms with E-state index in [1.807, 2.05) is 0 Å². The maximum absolute atomic E-state index is 12.5. The van der Waals surface area contributed by atoms with Crippen LogP contribution in [0.25, 0.3) is 0 Å². The molecule has 11 heteroatoms. The average molecular weight is 398 g/mol. The van der Waals surface area contributed by atoms with Crippen LogP contribution in [-0.4, -0.2) is 30.5 Å². The number of nitro groups is 1. The molecule has 0 unspecified atom stereocenters. The standard InChI is InChI=1S/C17H13F3N2O6/c1-27-14-8-12(22(25)26)6-7-13(14)21-15(23)9-28-16(24)10-2-4-11(5-3-10)17(18,19)20/h2-8H,9H2,1H3,(H,21,23). The van der Waals surface area contributed by atoms with Crippen molar-refractivity contribution >= 4 is 23.3 Å². The van der Waals surface area contributed by atoms with E-state index in [1.165, 1.54) is 13.2 Å². The Hall–Kier alpha value is -3.63. The number of nitro benzene ring substituents is 1. The molecule has 0 saturated carbocycles. The Kier molecular flexibility index (Phi) is 6.18. The number of hydrogen-bond donors (Lipinski definition) is 1. The molecule has 2 rings (SSSR count). The molecule has 0 aliphatic heterocycles. The van der Waals surface area contributed by atoms with E-state index >= 15 is 0 Å². The average Bonchev–Trinajstić information content (AvgIpc) is 2.65. The molecule has 2 aromatic rings. The van der Waals surface area contributed by atoms with E-state index in [0.717, 1.165) is 36.4 Å². The monoisotopic (exact) mass is 398 g/mol. The van der Waals surface area contributed by atoms with Crippen molar-refractivity contribution in [2.45, 2.75) is 6.18 Å². The van der Waals surface area contributed by atoms with E-state index in [9.17, 15) is 32.9 Å². The Bertz CT molecular complexity index is 897. The van der Waals surface area contributed by atoms with Gasteiger partial charge in [-0.05, 0) is 30.3 Å². The van der Waals surface area contributed by atoms with Crippen molar-refractivity contribution in [2.75, 3.05) is 19.0 Å². The Balaban J connectivity index is 1.97. The fourth-order valence-electron chi connectivity index (χ4n) is 2.09. The number of carbonyl (C=O) groups excluding carboxylic acids is 2. The largest absolute Gasteiger partial charge is 0.494 e. The van der Waals surface area contributed by atoms with Gasteiger partial charge in [-0.25, -0.2) is 4.79 Å². The number of halogens is 3. The summed E-state index contributed by atoms with van der Waals surface area (Å²) in [6.45, 7) is -0.722. The Morgan fingerprint density at radius 1 is 1.14 bits per heavy atom. The van der Waals surface area contributed by atoms with Crippen molar-refractivity contribution < 1.29 is 37.2 Å². The van der Waals surface area contributed by atoms with E-state index in [-0.39, 0.29) is 22.7 Å². The molecule has 0 atom stereocenters. The van der Waals surface area contributed by atoms with Crippen molar-refractivity contribution in [3.05, 3.63) is 63.7 Å². The Labute approximate surface area is 156 Å². The summed E-state index contributed by atoms with van der Waals surface area (Å²) in [5, 5.41) is 13.1. The minimum Gasteiger partial charge on any atom is -0.494 e. The van der Waals surface area contributed by atoms with E-state index in [1.54, 1.807) is 0 Å². The Morgan fingerprint density at radius 2 is 1.79 bits per heavy atom. The number of rotatable bonds is 6. The fourth-order valence-corrected chi connectivity index (χ4v) is 2.09. The second kappa shape index (κ2) is 8.37. The highest BCUT2D eigenvalue weighted by atomic mass is 19.4. The molecule has 0 aliphatic carbocycles. The molecule has 1 N–H and O–H groups in total. The van der Waals surface area contributed by atoms with Crippen molar-refractivity contribution in [2.24, 2.45) is 0 Å². The second-order valence-corrected chi connectivity index (χ2v) is 5.34. The number of nitrogens with one attached hydrogen (secondary N) is 1. The number of benzene rings is 2. The number of methoxy groups -OCH3 is 1. The van der Waals surface area contributed by atoms with Crippen LogP contribution in [0.3, 0.4) is 0 Å². The van der Waals surface area contributed by atoms with Crippen LogP contribution in [0.1, 0.15) is 15.9 Å². The van der Waals surface area contributed by atoms with Crippen molar-refractivity contribution in [1.29, 1.82) is 0 Å². The quantitative estimate of drug-likeness (QED) is 0.454. The smallest absolute Gasteiger partial charge is 0.416 e. The molecule has 0 radical (unpaired) electrons. The highest BCUT2D eigenvalue weighted by Gasteiger charge is 2.30. The van der Waals surface area contributed by atoms with Gasteiger partial charge in [0.05, 0.1) is 34.9 Å². The number of anilines is 1. The summed E-state index contributed by atoms with van der Waals surface area (Å²) in [4.78, 5) is 33.8. The molecule has 0 aliphatic rings. The van der Waals surface area contributed by atoms with E-state index < -0.39 is 35.1 Å². The summed E-state index contributed by atoms with van der Waals surface area (Å²) in [6, 6.07) is 6.80. The van der Waals surface area contributed by atoms with Crippen LogP contribution in [0.5, 0.6) is 5.75 Å². The molecular weight excluding hydrogens is 385 g/mol. The first-order valence-electron chi connectivity index (χ1n) is 7.58. The van der Waals surface area contributed by atoms with Gasteiger partial charge in [-0.15, -0.1) is 0 Å². The van der Waals surface area contributed by atoms with Gasteiger partial charge >= 0.3 is 12.1 Å². The fraction of sp³-hybridized carbons (Fsp3) is 0.176. The first-order chi connectivity index (χ1) is 13.1. The highest BCUT2D eigenvalue weighted by Crippen LogP contribution is 2.30. The molecule has 0 fully saturated rings. The Morgan fingerprint density at radius 3 is 2.32 bits per heavy atom. The van der Waals surface area contributed by atoms with Crippen molar-refractivity contribution in [3.63, 3.8) is 0 Å². The number of amides is 1. The number of ether oxygens (including phenoxy) is 2. The predicted molar refractivity (Wildman–Crippen MR) is 90.0 cm³/mol. The number of alkyl halides is 3. The van der Waals surface area contributed by atoms with Gasteiger partial charge in [0.1, 0.15) is 5.75 Å². The van der Waals surface area contributed by atoms with Crippen LogP contribution < -0.4 is 10.1 Å². The number of carbonyl (C=O) groups is 2. The third-order valence-corrected chi connectivity index (χ3v) is 3.45. The topological polar surface area (TPSA) is 108 Å².